The Morgan fingerprint density at radius 2 is 2.07 bits per heavy atom. The summed E-state index contributed by atoms with van der Waals surface area (Å²) in [7, 11) is 4.29. The smallest absolute Gasteiger partial charge is 0.0603 e. The van der Waals surface area contributed by atoms with Gasteiger partial charge in [-0.1, -0.05) is 0 Å². The molecule has 1 N–H and O–H groups in total. The minimum atomic E-state index is -0.518. The molecule has 0 aromatic carbocycles. The molecule has 1 atom stereocenters. The van der Waals surface area contributed by atoms with Gasteiger partial charge >= 0.3 is 0 Å². The van der Waals surface area contributed by atoms with Crippen LogP contribution in [0.3, 0.4) is 0 Å². The molecule has 0 bridgehead atoms. The molecule has 1 rings (SSSR count). The largest absolute Gasteiger partial charge is 0.390 e. The lowest BCUT2D eigenvalue weighted by molar-refractivity contribution is 0.0598. The predicted octanol–water partition coefficient (Wildman–Crippen LogP) is 0.783. The minimum Gasteiger partial charge on any atom is -0.390 e. The summed E-state index contributed by atoms with van der Waals surface area (Å²) in [6.45, 7) is 7.12. The number of hydrogen-bond donors (Lipinski definition) is 1. The van der Waals surface area contributed by atoms with Gasteiger partial charge in [0.25, 0.3) is 0 Å². The number of rotatable bonds is 4. The Labute approximate surface area is 87.7 Å². The predicted molar refractivity (Wildman–Crippen MR) is 59.4 cm³/mol. The highest BCUT2D eigenvalue weighted by atomic mass is 16.3. The van der Waals surface area contributed by atoms with Crippen LogP contribution in [-0.4, -0.2) is 60.3 Å². The average Bonchev–Trinajstić information content (AvgIpc) is 2.47. The first-order chi connectivity index (χ1) is 6.38. The van der Waals surface area contributed by atoms with Crippen LogP contribution in [0.2, 0.25) is 0 Å². The average molecular weight is 200 g/mol. The molecule has 0 aromatic rings. The van der Waals surface area contributed by atoms with E-state index in [0.717, 1.165) is 19.5 Å². The van der Waals surface area contributed by atoms with E-state index in [1.807, 2.05) is 13.8 Å². The van der Waals surface area contributed by atoms with Gasteiger partial charge in [-0.25, -0.2) is 0 Å². The van der Waals surface area contributed by atoms with Gasteiger partial charge in [0.05, 0.1) is 5.60 Å². The highest BCUT2D eigenvalue weighted by molar-refractivity contribution is 4.81. The van der Waals surface area contributed by atoms with E-state index < -0.39 is 5.60 Å². The summed E-state index contributed by atoms with van der Waals surface area (Å²) >= 11 is 0. The second kappa shape index (κ2) is 4.60. The van der Waals surface area contributed by atoms with E-state index in [1.54, 1.807) is 0 Å². The van der Waals surface area contributed by atoms with Crippen molar-refractivity contribution in [2.24, 2.45) is 0 Å². The summed E-state index contributed by atoms with van der Waals surface area (Å²) < 4.78 is 0. The summed E-state index contributed by atoms with van der Waals surface area (Å²) in [5.41, 5.74) is -0.518. The molecule has 1 fully saturated rings. The van der Waals surface area contributed by atoms with Gasteiger partial charge in [0.2, 0.25) is 0 Å². The molecule has 84 valence electrons. The molecule has 1 unspecified atom stereocenters. The fourth-order valence-corrected chi connectivity index (χ4v) is 1.87. The van der Waals surface area contributed by atoms with Gasteiger partial charge in [-0.3, -0.25) is 0 Å². The number of nitrogens with zero attached hydrogens (tertiary/aromatic N) is 2. The Hall–Kier alpha value is -0.120. The quantitative estimate of drug-likeness (QED) is 0.726. The van der Waals surface area contributed by atoms with Crippen LogP contribution in [0, 0.1) is 0 Å². The van der Waals surface area contributed by atoms with E-state index >= 15 is 0 Å². The van der Waals surface area contributed by atoms with Crippen LogP contribution < -0.4 is 0 Å². The maximum Gasteiger partial charge on any atom is 0.0603 e. The molecular weight excluding hydrogens is 176 g/mol. The first kappa shape index (κ1) is 12.0. The fourth-order valence-electron chi connectivity index (χ4n) is 1.87. The van der Waals surface area contributed by atoms with Gasteiger partial charge in [0, 0.05) is 19.1 Å². The maximum absolute atomic E-state index is 9.62. The highest BCUT2D eigenvalue weighted by Crippen LogP contribution is 2.15. The molecule has 1 aliphatic rings. The van der Waals surface area contributed by atoms with Crippen LogP contribution in [0.1, 0.15) is 26.7 Å². The number of aliphatic hydroxyl groups is 1. The lowest BCUT2D eigenvalue weighted by Gasteiger charge is -2.23. The number of likely N-dealkylation sites (tertiary alicyclic amines) is 1. The van der Waals surface area contributed by atoms with E-state index in [-0.39, 0.29) is 0 Å². The Balaban J connectivity index is 2.23. The first-order valence-corrected chi connectivity index (χ1v) is 5.49. The van der Waals surface area contributed by atoms with Crippen molar-refractivity contribution in [2.75, 3.05) is 33.7 Å². The van der Waals surface area contributed by atoms with Crippen LogP contribution in [0.4, 0.5) is 0 Å². The van der Waals surface area contributed by atoms with Crippen molar-refractivity contribution in [1.29, 1.82) is 0 Å². The molecule has 0 saturated carbocycles. The van der Waals surface area contributed by atoms with Gasteiger partial charge < -0.3 is 14.9 Å². The van der Waals surface area contributed by atoms with Crippen molar-refractivity contribution < 1.29 is 5.11 Å². The number of likely N-dealkylation sites (N-methyl/N-ethyl adjacent to an activating group) is 1. The van der Waals surface area contributed by atoms with Gasteiger partial charge in [-0.2, -0.15) is 0 Å². The van der Waals surface area contributed by atoms with Crippen LogP contribution in [0.15, 0.2) is 0 Å². The molecule has 14 heavy (non-hydrogen) atoms. The van der Waals surface area contributed by atoms with Crippen LogP contribution >= 0.6 is 0 Å². The van der Waals surface area contributed by atoms with Gasteiger partial charge in [-0.05, 0) is 47.3 Å². The van der Waals surface area contributed by atoms with Gasteiger partial charge in [0.1, 0.15) is 0 Å². The zero-order valence-corrected chi connectivity index (χ0v) is 9.95. The third-order valence-corrected chi connectivity index (χ3v) is 3.02. The summed E-state index contributed by atoms with van der Waals surface area (Å²) in [6, 6.07) is 0.705. The highest BCUT2D eigenvalue weighted by Gasteiger charge is 2.24. The molecule has 1 aliphatic heterocycles. The molecular formula is C11H24N2O. The topological polar surface area (TPSA) is 26.7 Å². The Morgan fingerprint density at radius 3 is 2.50 bits per heavy atom. The van der Waals surface area contributed by atoms with E-state index in [9.17, 15) is 5.11 Å². The lowest BCUT2D eigenvalue weighted by Crippen LogP contribution is -2.34. The van der Waals surface area contributed by atoms with Crippen LogP contribution in [0.25, 0.3) is 0 Å². The SMILES string of the molecule is CN(C)C1CCN(CCC(C)(C)O)C1. The molecule has 0 aromatic heterocycles. The Bertz CT molecular complexity index is 175. The van der Waals surface area contributed by atoms with Crippen molar-refractivity contribution >= 4 is 0 Å². The van der Waals surface area contributed by atoms with Crippen molar-refractivity contribution in [3.8, 4) is 0 Å². The van der Waals surface area contributed by atoms with Crippen molar-refractivity contribution in [1.82, 2.24) is 9.80 Å². The Kier molecular flexibility index (Phi) is 3.93. The molecule has 0 aliphatic carbocycles. The monoisotopic (exact) mass is 200 g/mol. The van der Waals surface area contributed by atoms with E-state index in [2.05, 4.69) is 23.9 Å². The Morgan fingerprint density at radius 1 is 1.43 bits per heavy atom. The number of hydrogen-bond acceptors (Lipinski definition) is 3. The van der Waals surface area contributed by atoms with Crippen LogP contribution in [-0.2, 0) is 0 Å². The summed E-state index contributed by atoms with van der Waals surface area (Å²) in [4.78, 5) is 4.74. The molecule has 1 heterocycles. The lowest BCUT2D eigenvalue weighted by atomic mass is 10.1. The molecule has 3 nitrogen and oxygen atoms in total. The summed E-state index contributed by atoms with van der Waals surface area (Å²) in [5.74, 6) is 0. The van der Waals surface area contributed by atoms with Gasteiger partial charge in [0.15, 0.2) is 0 Å². The van der Waals surface area contributed by atoms with Gasteiger partial charge in [-0.15, -0.1) is 0 Å². The van der Waals surface area contributed by atoms with Crippen molar-refractivity contribution in [2.45, 2.75) is 38.3 Å². The molecule has 3 heteroatoms. The maximum atomic E-state index is 9.62. The van der Waals surface area contributed by atoms with Crippen molar-refractivity contribution in [3.63, 3.8) is 0 Å². The standard InChI is InChI=1S/C11H24N2O/c1-11(2,14)6-8-13-7-5-10(9-13)12(3)4/h10,14H,5-9H2,1-4H3. The molecule has 0 spiro atoms. The van der Waals surface area contributed by atoms with E-state index in [4.69, 9.17) is 0 Å². The molecule has 0 radical (unpaired) electrons. The second-order valence-electron chi connectivity index (χ2n) is 5.27. The fraction of sp³-hybridized carbons (Fsp3) is 1.00. The first-order valence-electron chi connectivity index (χ1n) is 5.49. The molecule has 0 amide bonds. The zero-order chi connectivity index (χ0) is 10.8. The van der Waals surface area contributed by atoms with E-state index in [0.29, 0.717) is 6.04 Å². The van der Waals surface area contributed by atoms with Crippen molar-refractivity contribution in [3.05, 3.63) is 0 Å². The third kappa shape index (κ3) is 3.95. The summed E-state index contributed by atoms with van der Waals surface area (Å²) in [5, 5.41) is 9.62. The minimum absolute atomic E-state index is 0.518. The third-order valence-electron chi connectivity index (χ3n) is 3.02. The summed E-state index contributed by atoms with van der Waals surface area (Å²) in [6.07, 6.45) is 2.13. The van der Waals surface area contributed by atoms with E-state index in [1.165, 1.54) is 13.0 Å². The zero-order valence-electron chi connectivity index (χ0n) is 9.95. The normalized spacial score (nSPS) is 24.9. The second-order valence-corrected chi connectivity index (χ2v) is 5.27. The van der Waals surface area contributed by atoms with Crippen LogP contribution in [0.5, 0.6) is 0 Å². The molecule has 1 saturated heterocycles.